The maximum atomic E-state index is 13.0. The minimum absolute atomic E-state index is 0.0192. The molecule has 1 atom stereocenters. The Labute approximate surface area is 161 Å². The highest BCUT2D eigenvalue weighted by Crippen LogP contribution is 2.29. The molecule has 0 aliphatic carbocycles. The largest absolute Gasteiger partial charge is 0.389 e. The van der Waals surface area contributed by atoms with Crippen molar-refractivity contribution in [2.24, 2.45) is 5.92 Å². The van der Waals surface area contributed by atoms with Crippen LogP contribution >= 0.6 is 0 Å². The summed E-state index contributed by atoms with van der Waals surface area (Å²) < 4.78 is 39.1. The quantitative estimate of drug-likeness (QED) is 0.620. The van der Waals surface area contributed by atoms with Crippen molar-refractivity contribution < 1.29 is 18.0 Å². The maximum Gasteiger partial charge on any atom is 0.389 e. The van der Waals surface area contributed by atoms with Crippen LogP contribution in [0, 0.1) is 19.8 Å². The maximum absolute atomic E-state index is 13.0. The van der Waals surface area contributed by atoms with Crippen molar-refractivity contribution in [1.82, 2.24) is 4.98 Å². The summed E-state index contributed by atoms with van der Waals surface area (Å²) in [4.78, 5) is 17.2. The molecule has 3 aromatic rings. The van der Waals surface area contributed by atoms with Gasteiger partial charge in [0.05, 0.1) is 29.2 Å². The highest BCUT2D eigenvalue weighted by Gasteiger charge is 2.35. The van der Waals surface area contributed by atoms with Gasteiger partial charge in [0.1, 0.15) is 0 Å². The van der Waals surface area contributed by atoms with Crippen LogP contribution in [0.4, 0.5) is 18.9 Å². The second kappa shape index (κ2) is 8.00. The number of halogens is 3. The number of hydrogen-bond acceptors (Lipinski definition) is 2. The predicted octanol–water partition coefficient (Wildman–Crippen LogP) is 5.60. The third-order valence-corrected chi connectivity index (χ3v) is 4.67. The number of aryl methyl sites for hydroxylation is 2. The summed E-state index contributed by atoms with van der Waals surface area (Å²) in [6, 6.07) is 16.2. The second-order valence-corrected chi connectivity index (χ2v) is 6.96. The molecule has 1 N–H and O–H groups in total. The van der Waals surface area contributed by atoms with Gasteiger partial charge in [-0.15, -0.1) is 0 Å². The number of anilines is 1. The van der Waals surface area contributed by atoms with Gasteiger partial charge >= 0.3 is 6.18 Å². The van der Waals surface area contributed by atoms with E-state index in [-0.39, 0.29) is 6.42 Å². The number of carbonyl (C=O) groups is 1. The van der Waals surface area contributed by atoms with Crippen LogP contribution in [0.25, 0.3) is 10.9 Å². The molecule has 6 heteroatoms. The van der Waals surface area contributed by atoms with E-state index < -0.39 is 24.4 Å². The monoisotopic (exact) mass is 386 g/mol. The van der Waals surface area contributed by atoms with Gasteiger partial charge in [-0.05, 0) is 37.5 Å². The Hall–Kier alpha value is -2.89. The Morgan fingerprint density at radius 3 is 2.46 bits per heavy atom. The molecule has 146 valence electrons. The van der Waals surface area contributed by atoms with Crippen LogP contribution in [0.5, 0.6) is 0 Å². The topological polar surface area (TPSA) is 42.0 Å². The summed E-state index contributed by atoms with van der Waals surface area (Å²) in [7, 11) is 0. The minimum atomic E-state index is -4.43. The van der Waals surface area contributed by atoms with E-state index in [0.29, 0.717) is 16.9 Å². The molecule has 3 nitrogen and oxygen atoms in total. The van der Waals surface area contributed by atoms with Gasteiger partial charge in [-0.1, -0.05) is 48.5 Å². The lowest BCUT2D eigenvalue weighted by Crippen LogP contribution is -2.29. The zero-order chi connectivity index (χ0) is 20.3. The van der Waals surface area contributed by atoms with Crippen LogP contribution in [-0.2, 0) is 11.2 Å². The summed E-state index contributed by atoms with van der Waals surface area (Å²) in [5.41, 5.74) is 3.51. The van der Waals surface area contributed by atoms with Crippen LogP contribution in [0.1, 0.15) is 23.2 Å². The molecule has 1 amide bonds. The number of aromatic nitrogens is 1. The Morgan fingerprint density at radius 2 is 1.79 bits per heavy atom. The highest BCUT2D eigenvalue weighted by atomic mass is 19.4. The molecule has 0 saturated carbocycles. The SMILES string of the molecule is Cc1nc2c(C)cccc2cc1NC(=O)[C@H](Cc1ccccc1)CC(F)(F)F. The lowest BCUT2D eigenvalue weighted by molar-refractivity contribution is -0.152. The van der Waals surface area contributed by atoms with Gasteiger partial charge in [0.25, 0.3) is 0 Å². The van der Waals surface area contributed by atoms with Crippen molar-refractivity contribution in [2.75, 3.05) is 5.32 Å². The standard InChI is InChI=1S/C22H21F3N2O/c1-14-7-6-10-17-12-19(15(2)26-20(14)17)27-21(28)18(13-22(23,24)25)11-16-8-4-3-5-9-16/h3-10,12,18H,11,13H2,1-2H3,(H,27,28)/t18-/m1/s1. The number of hydrogen-bond donors (Lipinski definition) is 1. The van der Waals surface area contributed by atoms with Crippen molar-refractivity contribution in [2.45, 2.75) is 32.9 Å². The molecule has 28 heavy (non-hydrogen) atoms. The van der Waals surface area contributed by atoms with Gasteiger partial charge in [0, 0.05) is 5.39 Å². The number of fused-ring (bicyclic) bond motifs is 1. The van der Waals surface area contributed by atoms with Crippen molar-refractivity contribution in [3.05, 3.63) is 71.4 Å². The minimum Gasteiger partial charge on any atom is -0.324 e. The number of nitrogens with zero attached hydrogens (tertiary/aromatic N) is 1. The van der Waals surface area contributed by atoms with E-state index in [4.69, 9.17) is 0 Å². The number of carbonyl (C=O) groups excluding carboxylic acids is 1. The van der Waals surface area contributed by atoms with Crippen LogP contribution in [0.3, 0.4) is 0 Å². The van der Waals surface area contributed by atoms with Crippen molar-refractivity contribution in [3.8, 4) is 0 Å². The van der Waals surface area contributed by atoms with Gasteiger partial charge in [-0.2, -0.15) is 13.2 Å². The molecule has 0 aliphatic heterocycles. The Balaban J connectivity index is 1.86. The summed E-state index contributed by atoms with van der Waals surface area (Å²) >= 11 is 0. The molecular weight excluding hydrogens is 365 g/mol. The first kappa shape index (κ1) is 19.9. The van der Waals surface area contributed by atoms with Crippen LogP contribution in [0.15, 0.2) is 54.6 Å². The fourth-order valence-electron chi connectivity index (χ4n) is 3.24. The molecule has 2 aromatic carbocycles. The molecular formula is C22H21F3N2O. The molecule has 0 spiro atoms. The molecule has 1 heterocycles. The van der Waals surface area contributed by atoms with Crippen molar-refractivity contribution >= 4 is 22.5 Å². The van der Waals surface area contributed by atoms with Gasteiger partial charge in [-0.3, -0.25) is 9.78 Å². The number of rotatable bonds is 5. The normalized spacial score (nSPS) is 12.8. The van der Waals surface area contributed by atoms with Gasteiger partial charge in [0.2, 0.25) is 5.91 Å². The number of pyridine rings is 1. The van der Waals surface area contributed by atoms with Crippen molar-refractivity contribution in [1.29, 1.82) is 0 Å². The fourth-order valence-corrected chi connectivity index (χ4v) is 3.24. The van der Waals surface area contributed by atoms with E-state index in [0.717, 1.165) is 16.5 Å². The molecule has 3 rings (SSSR count). The zero-order valence-corrected chi connectivity index (χ0v) is 15.7. The highest BCUT2D eigenvalue weighted by molar-refractivity contribution is 5.96. The van der Waals surface area contributed by atoms with E-state index in [2.05, 4.69) is 10.3 Å². The Morgan fingerprint density at radius 1 is 1.07 bits per heavy atom. The molecule has 0 unspecified atom stereocenters. The van der Waals surface area contributed by atoms with Crippen LogP contribution in [-0.4, -0.2) is 17.1 Å². The average molecular weight is 386 g/mol. The molecule has 0 radical (unpaired) electrons. The molecule has 0 aliphatic rings. The number of alkyl halides is 3. The van der Waals surface area contributed by atoms with Gasteiger partial charge < -0.3 is 5.32 Å². The van der Waals surface area contributed by atoms with E-state index in [1.165, 1.54) is 0 Å². The summed E-state index contributed by atoms with van der Waals surface area (Å²) in [6.07, 6.45) is -5.58. The first-order valence-corrected chi connectivity index (χ1v) is 9.01. The second-order valence-electron chi connectivity index (χ2n) is 6.96. The Bertz CT molecular complexity index is 984. The third-order valence-electron chi connectivity index (χ3n) is 4.67. The van der Waals surface area contributed by atoms with E-state index in [1.54, 1.807) is 43.3 Å². The average Bonchev–Trinajstić information content (AvgIpc) is 2.62. The van der Waals surface area contributed by atoms with Crippen LogP contribution in [0.2, 0.25) is 0 Å². The number of amides is 1. The summed E-state index contributed by atoms with van der Waals surface area (Å²) in [5.74, 6) is -1.87. The number of nitrogens with one attached hydrogen (secondary N) is 1. The lowest BCUT2D eigenvalue weighted by Gasteiger charge is -2.19. The van der Waals surface area contributed by atoms with E-state index in [9.17, 15) is 18.0 Å². The molecule has 0 fully saturated rings. The van der Waals surface area contributed by atoms with Gasteiger partial charge in [0.15, 0.2) is 0 Å². The van der Waals surface area contributed by atoms with Crippen molar-refractivity contribution in [3.63, 3.8) is 0 Å². The first-order valence-electron chi connectivity index (χ1n) is 9.01. The summed E-state index contributed by atoms with van der Waals surface area (Å²) in [6.45, 7) is 3.67. The number of para-hydroxylation sites is 1. The first-order chi connectivity index (χ1) is 13.2. The zero-order valence-electron chi connectivity index (χ0n) is 15.7. The summed E-state index contributed by atoms with van der Waals surface area (Å²) in [5, 5.41) is 3.49. The smallest absolute Gasteiger partial charge is 0.324 e. The van der Waals surface area contributed by atoms with E-state index >= 15 is 0 Å². The predicted molar refractivity (Wildman–Crippen MR) is 104 cm³/mol. The molecule has 0 saturated heterocycles. The van der Waals surface area contributed by atoms with Crippen LogP contribution < -0.4 is 5.32 Å². The number of benzene rings is 2. The lowest BCUT2D eigenvalue weighted by atomic mass is 9.95. The van der Waals surface area contributed by atoms with E-state index in [1.807, 2.05) is 25.1 Å². The molecule has 0 bridgehead atoms. The third kappa shape index (κ3) is 4.88. The van der Waals surface area contributed by atoms with Gasteiger partial charge in [-0.25, -0.2) is 0 Å². The Kier molecular flexibility index (Phi) is 5.68. The fraction of sp³-hybridized carbons (Fsp3) is 0.273. The molecule has 1 aromatic heterocycles.